The zero-order valence-corrected chi connectivity index (χ0v) is 5.73. The minimum absolute atomic E-state index is 0.252. The van der Waals surface area contributed by atoms with Crippen molar-refractivity contribution >= 4 is 0 Å². The van der Waals surface area contributed by atoms with Gasteiger partial charge in [0.1, 0.15) is 12.0 Å². The van der Waals surface area contributed by atoms with Crippen LogP contribution in [0.15, 0.2) is 23.7 Å². The standard InChI is InChI=1S/C6H10N4/c1-7-5-4-2-3-8-6(4)10-9-5/h2-3,6-10H,1H3. The maximum Gasteiger partial charge on any atom is 0.123 e. The molecule has 0 amide bonds. The third kappa shape index (κ3) is 0.593. The van der Waals surface area contributed by atoms with E-state index in [-0.39, 0.29) is 6.17 Å². The van der Waals surface area contributed by atoms with Crippen molar-refractivity contribution in [2.45, 2.75) is 6.17 Å². The van der Waals surface area contributed by atoms with Crippen LogP contribution in [-0.4, -0.2) is 13.2 Å². The summed E-state index contributed by atoms with van der Waals surface area (Å²) in [4.78, 5) is 0. The first kappa shape index (κ1) is 5.61. The van der Waals surface area contributed by atoms with Crippen LogP contribution >= 0.6 is 0 Å². The van der Waals surface area contributed by atoms with Crippen molar-refractivity contribution in [3.8, 4) is 0 Å². The molecule has 2 heterocycles. The molecule has 0 fully saturated rings. The molecule has 10 heavy (non-hydrogen) atoms. The molecule has 4 nitrogen and oxygen atoms in total. The fourth-order valence-electron chi connectivity index (χ4n) is 1.19. The summed E-state index contributed by atoms with van der Waals surface area (Å²) in [5, 5.41) is 6.18. The second kappa shape index (κ2) is 1.91. The van der Waals surface area contributed by atoms with E-state index in [0.29, 0.717) is 0 Å². The third-order valence-corrected chi connectivity index (χ3v) is 1.72. The molecule has 4 N–H and O–H groups in total. The maximum absolute atomic E-state index is 3.13. The van der Waals surface area contributed by atoms with Gasteiger partial charge in [0.25, 0.3) is 0 Å². The number of hydrogen-bond acceptors (Lipinski definition) is 4. The Morgan fingerprint density at radius 1 is 1.60 bits per heavy atom. The SMILES string of the molecule is CNC1=C2C=CNC2NN1. The molecule has 54 valence electrons. The van der Waals surface area contributed by atoms with Gasteiger partial charge in [-0.25, -0.2) is 5.43 Å². The average molecular weight is 138 g/mol. The monoisotopic (exact) mass is 138 g/mol. The number of fused-ring (bicyclic) bond motifs is 1. The van der Waals surface area contributed by atoms with Gasteiger partial charge in [-0.05, 0) is 12.3 Å². The lowest BCUT2D eigenvalue weighted by molar-refractivity contribution is 0.533. The molecule has 0 aliphatic carbocycles. The molecule has 0 spiro atoms. The van der Waals surface area contributed by atoms with Crippen LogP contribution < -0.4 is 21.5 Å². The maximum atomic E-state index is 3.13. The Labute approximate surface area is 59.3 Å². The van der Waals surface area contributed by atoms with Crippen LogP contribution in [0.5, 0.6) is 0 Å². The van der Waals surface area contributed by atoms with Gasteiger partial charge in [-0.1, -0.05) is 0 Å². The first-order valence-electron chi connectivity index (χ1n) is 3.28. The molecular formula is C6H10N4. The van der Waals surface area contributed by atoms with Crippen LogP contribution in [0, 0.1) is 0 Å². The number of hydrogen-bond donors (Lipinski definition) is 4. The fraction of sp³-hybridized carbons (Fsp3) is 0.333. The van der Waals surface area contributed by atoms with Crippen LogP contribution in [0.25, 0.3) is 0 Å². The Hall–Kier alpha value is -1.16. The molecule has 1 unspecified atom stereocenters. The molecule has 0 aromatic rings. The Morgan fingerprint density at radius 3 is 3.30 bits per heavy atom. The quantitative estimate of drug-likeness (QED) is 0.374. The van der Waals surface area contributed by atoms with E-state index >= 15 is 0 Å². The molecule has 2 aliphatic rings. The Bertz CT molecular complexity index is 206. The predicted octanol–water partition coefficient (Wildman–Crippen LogP) is -1.03. The van der Waals surface area contributed by atoms with Crippen molar-refractivity contribution < 1.29 is 0 Å². The topological polar surface area (TPSA) is 48.1 Å². The summed E-state index contributed by atoms with van der Waals surface area (Å²) >= 11 is 0. The third-order valence-electron chi connectivity index (χ3n) is 1.72. The summed E-state index contributed by atoms with van der Waals surface area (Å²) in [6.07, 6.45) is 4.23. The van der Waals surface area contributed by atoms with E-state index in [9.17, 15) is 0 Å². The molecule has 0 bridgehead atoms. The lowest BCUT2D eigenvalue weighted by Crippen LogP contribution is -2.40. The molecule has 4 heteroatoms. The molecule has 0 radical (unpaired) electrons. The highest BCUT2D eigenvalue weighted by Gasteiger charge is 2.24. The Kier molecular flexibility index (Phi) is 1.07. The van der Waals surface area contributed by atoms with E-state index in [0.717, 1.165) is 5.82 Å². The molecule has 1 atom stereocenters. The van der Waals surface area contributed by atoms with Gasteiger partial charge in [-0.15, -0.1) is 0 Å². The molecule has 0 saturated carbocycles. The average Bonchev–Trinajstić information content (AvgIpc) is 2.44. The highest BCUT2D eigenvalue weighted by Crippen LogP contribution is 2.13. The molecule has 0 aromatic carbocycles. The highest BCUT2D eigenvalue weighted by molar-refractivity contribution is 5.35. The fourth-order valence-corrected chi connectivity index (χ4v) is 1.19. The number of rotatable bonds is 1. The second-order valence-corrected chi connectivity index (χ2v) is 2.28. The first-order chi connectivity index (χ1) is 4.92. The van der Waals surface area contributed by atoms with E-state index in [1.165, 1.54) is 5.57 Å². The lowest BCUT2D eigenvalue weighted by Gasteiger charge is -2.05. The summed E-state index contributed by atoms with van der Waals surface area (Å²) in [6, 6.07) is 0. The van der Waals surface area contributed by atoms with Crippen molar-refractivity contribution in [3.05, 3.63) is 23.7 Å². The van der Waals surface area contributed by atoms with Gasteiger partial charge < -0.3 is 16.1 Å². The highest BCUT2D eigenvalue weighted by atomic mass is 15.5. The first-order valence-corrected chi connectivity index (χ1v) is 3.28. The van der Waals surface area contributed by atoms with E-state index in [2.05, 4.69) is 21.5 Å². The Morgan fingerprint density at radius 2 is 2.50 bits per heavy atom. The second-order valence-electron chi connectivity index (χ2n) is 2.28. The summed E-state index contributed by atoms with van der Waals surface area (Å²) in [5.41, 5.74) is 7.31. The van der Waals surface area contributed by atoms with E-state index < -0.39 is 0 Å². The summed E-state index contributed by atoms with van der Waals surface area (Å²) in [7, 11) is 1.89. The molecule has 2 aliphatic heterocycles. The van der Waals surface area contributed by atoms with Crippen molar-refractivity contribution in [2.75, 3.05) is 7.05 Å². The predicted molar refractivity (Wildman–Crippen MR) is 38.4 cm³/mol. The smallest absolute Gasteiger partial charge is 0.123 e. The van der Waals surface area contributed by atoms with Gasteiger partial charge in [0, 0.05) is 12.6 Å². The van der Waals surface area contributed by atoms with Crippen molar-refractivity contribution in [1.29, 1.82) is 0 Å². The minimum atomic E-state index is 0.252. The van der Waals surface area contributed by atoms with Crippen molar-refractivity contribution in [1.82, 2.24) is 21.5 Å². The lowest BCUT2D eigenvalue weighted by atomic mass is 10.2. The van der Waals surface area contributed by atoms with E-state index in [1.807, 2.05) is 19.3 Å². The largest absolute Gasteiger partial charge is 0.374 e. The van der Waals surface area contributed by atoms with Crippen LogP contribution in [0.4, 0.5) is 0 Å². The van der Waals surface area contributed by atoms with Crippen LogP contribution in [0.3, 0.4) is 0 Å². The summed E-state index contributed by atoms with van der Waals surface area (Å²) in [5.74, 6) is 1.05. The minimum Gasteiger partial charge on any atom is -0.374 e. The Balaban J connectivity index is 2.30. The van der Waals surface area contributed by atoms with E-state index in [1.54, 1.807) is 0 Å². The van der Waals surface area contributed by atoms with Gasteiger partial charge in [0.2, 0.25) is 0 Å². The van der Waals surface area contributed by atoms with Gasteiger partial charge in [-0.2, -0.15) is 0 Å². The number of nitrogens with one attached hydrogen (secondary N) is 4. The number of hydrazine groups is 1. The van der Waals surface area contributed by atoms with Crippen molar-refractivity contribution in [2.24, 2.45) is 0 Å². The van der Waals surface area contributed by atoms with Gasteiger partial charge in [0.05, 0.1) is 0 Å². The summed E-state index contributed by atoms with van der Waals surface area (Å²) < 4.78 is 0. The van der Waals surface area contributed by atoms with Gasteiger partial charge in [0.15, 0.2) is 0 Å². The molecule has 0 saturated heterocycles. The zero-order valence-electron chi connectivity index (χ0n) is 5.73. The zero-order chi connectivity index (χ0) is 6.97. The normalized spacial score (nSPS) is 27.9. The van der Waals surface area contributed by atoms with Crippen LogP contribution in [-0.2, 0) is 0 Å². The summed E-state index contributed by atoms with van der Waals surface area (Å²) in [6.45, 7) is 0. The van der Waals surface area contributed by atoms with Gasteiger partial charge >= 0.3 is 0 Å². The molecular weight excluding hydrogens is 128 g/mol. The van der Waals surface area contributed by atoms with Crippen LogP contribution in [0.2, 0.25) is 0 Å². The van der Waals surface area contributed by atoms with Gasteiger partial charge in [-0.3, -0.25) is 0 Å². The molecule has 2 rings (SSSR count). The van der Waals surface area contributed by atoms with Crippen molar-refractivity contribution in [3.63, 3.8) is 0 Å². The van der Waals surface area contributed by atoms with Crippen LogP contribution in [0.1, 0.15) is 0 Å². The molecule has 0 aromatic heterocycles. The van der Waals surface area contributed by atoms with E-state index in [4.69, 9.17) is 0 Å².